The molecule has 122 valence electrons. The van der Waals surface area contributed by atoms with Crippen molar-refractivity contribution in [2.45, 2.75) is 38.1 Å². The van der Waals surface area contributed by atoms with Crippen LogP contribution >= 0.6 is 24.0 Å². The van der Waals surface area contributed by atoms with Crippen LogP contribution in [-0.2, 0) is 4.79 Å². The minimum absolute atomic E-state index is 0. The fraction of sp³-hybridized carbons (Fsp3) is 0.533. The molecule has 0 unspecified atom stereocenters. The van der Waals surface area contributed by atoms with Crippen LogP contribution in [0.15, 0.2) is 29.5 Å². The Hall–Kier alpha value is -1.38. The maximum absolute atomic E-state index is 11.8. The molecule has 0 aliphatic heterocycles. The molecule has 1 fully saturated rings. The third kappa shape index (κ3) is 6.59. The third-order valence-electron chi connectivity index (χ3n) is 3.53. The number of carbonyl (C=O) groups excluding carboxylic acids is 1. The van der Waals surface area contributed by atoms with E-state index in [0.717, 1.165) is 0 Å². The summed E-state index contributed by atoms with van der Waals surface area (Å²) in [7, 11) is 1.72. The van der Waals surface area contributed by atoms with Crippen molar-refractivity contribution >= 4 is 41.5 Å². The van der Waals surface area contributed by atoms with E-state index in [2.05, 4.69) is 25.9 Å². The molecule has 0 radical (unpaired) electrons. The molecule has 1 heterocycles. The van der Waals surface area contributed by atoms with Gasteiger partial charge in [0.1, 0.15) is 0 Å². The summed E-state index contributed by atoms with van der Waals surface area (Å²) in [5.74, 6) is 0.567. The predicted molar refractivity (Wildman–Crippen MR) is 99.7 cm³/mol. The van der Waals surface area contributed by atoms with Gasteiger partial charge in [-0.3, -0.25) is 14.8 Å². The quantitative estimate of drug-likeness (QED) is 0.399. The molecule has 7 heteroatoms. The second-order valence-electron chi connectivity index (χ2n) is 5.19. The van der Waals surface area contributed by atoms with Crippen molar-refractivity contribution in [3.05, 3.63) is 24.5 Å². The van der Waals surface area contributed by atoms with Gasteiger partial charge in [0.05, 0.1) is 18.4 Å². The smallest absolute Gasteiger partial charge is 0.243 e. The van der Waals surface area contributed by atoms with Crippen molar-refractivity contribution in [2.75, 3.05) is 18.9 Å². The number of pyridine rings is 1. The lowest BCUT2D eigenvalue weighted by atomic mass is 9.96. The fourth-order valence-electron chi connectivity index (χ4n) is 2.44. The first-order valence-electron chi connectivity index (χ1n) is 7.45. The monoisotopic (exact) mass is 417 g/mol. The Morgan fingerprint density at radius 3 is 2.77 bits per heavy atom. The lowest BCUT2D eigenvalue weighted by Crippen LogP contribution is -2.46. The molecule has 1 aromatic heterocycles. The van der Waals surface area contributed by atoms with Crippen LogP contribution in [0.1, 0.15) is 32.1 Å². The van der Waals surface area contributed by atoms with Gasteiger partial charge in [-0.15, -0.1) is 24.0 Å². The highest BCUT2D eigenvalue weighted by Crippen LogP contribution is 2.17. The Labute approximate surface area is 148 Å². The number of halogens is 1. The number of aliphatic imine (C=N–C) groups is 1. The first-order valence-corrected chi connectivity index (χ1v) is 7.45. The number of carbonyl (C=O) groups is 1. The molecule has 0 saturated heterocycles. The molecule has 6 nitrogen and oxygen atoms in total. The predicted octanol–water partition coefficient (Wildman–Crippen LogP) is 2.14. The normalized spacial score (nSPS) is 15.6. The number of anilines is 1. The third-order valence-corrected chi connectivity index (χ3v) is 3.53. The van der Waals surface area contributed by atoms with Gasteiger partial charge in [-0.25, -0.2) is 0 Å². The Bertz CT molecular complexity index is 474. The zero-order valence-corrected chi connectivity index (χ0v) is 15.2. The van der Waals surface area contributed by atoms with Crippen molar-refractivity contribution in [1.29, 1.82) is 0 Å². The van der Waals surface area contributed by atoms with E-state index in [1.807, 2.05) is 0 Å². The van der Waals surface area contributed by atoms with Crippen LogP contribution in [0.2, 0.25) is 0 Å². The average molecular weight is 417 g/mol. The van der Waals surface area contributed by atoms with Crippen LogP contribution < -0.4 is 16.0 Å². The van der Waals surface area contributed by atoms with Crippen LogP contribution in [0.4, 0.5) is 5.69 Å². The number of rotatable bonds is 4. The molecule has 1 aliphatic carbocycles. The summed E-state index contributed by atoms with van der Waals surface area (Å²) in [5, 5.41) is 9.19. The van der Waals surface area contributed by atoms with Crippen molar-refractivity contribution in [3.8, 4) is 0 Å². The molecule has 0 spiro atoms. The zero-order valence-electron chi connectivity index (χ0n) is 12.8. The van der Waals surface area contributed by atoms with Crippen LogP contribution in [0.25, 0.3) is 0 Å². The Morgan fingerprint density at radius 2 is 2.14 bits per heavy atom. The van der Waals surface area contributed by atoms with E-state index < -0.39 is 0 Å². The van der Waals surface area contributed by atoms with Crippen molar-refractivity contribution < 1.29 is 4.79 Å². The topological polar surface area (TPSA) is 78.4 Å². The van der Waals surface area contributed by atoms with Gasteiger partial charge in [-0.1, -0.05) is 19.3 Å². The number of nitrogens with zero attached hydrogens (tertiary/aromatic N) is 2. The van der Waals surface area contributed by atoms with E-state index in [9.17, 15) is 4.79 Å². The molecule has 2 rings (SSSR count). The molecule has 3 N–H and O–H groups in total. The first kappa shape index (κ1) is 18.7. The van der Waals surface area contributed by atoms with Crippen LogP contribution in [0.3, 0.4) is 0 Å². The Kier molecular flexibility index (Phi) is 8.79. The SMILES string of the molecule is CN=C(NCC(=O)Nc1cccnc1)NC1CCCCC1.I. The van der Waals surface area contributed by atoms with E-state index >= 15 is 0 Å². The molecular formula is C15H24IN5O. The van der Waals surface area contributed by atoms with E-state index in [1.165, 1.54) is 32.1 Å². The van der Waals surface area contributed by atoms with Gasteiger partial charge in [-0.05, 0) is 25.0 Å². The maximum Gasteiger partial charge on any atom is 0.243 e. The van der Waals surface area contributed by atoms with Gasteiger partial charge in [0, 0.05) is 19.3 Å². The number of amides is 1. The minimum Gasteiger partial charge on any atom is -0.354 e. The summed E-state index contributed by atoms with van der Waals surface area (Å²) >= 11 is 0. The maximum atomic E-state index is 11.8. The van der Waals surface area contributed by atoms with Gasteiger partial charge in [0.25, 0.3) is 0 Å². The molecule has 1 saturated carbocycles. The highest BCUT2D eigenvalue weighted by atomic mass is 127. The van der Waals surface area contributed by atoms with Crippen LogP contribution in [0, 0.1) is 0 Å². The van der Waals surface area contributed by atoms with Crippen LogP contribution in [0.5, 0.6) is 0 Å². The first-order chi connectivity index (χ1) is 10.3. The molecule has 22 heavy (non-hydrogen) atoms. The van der Waals surface area contributed by atoms with Gasteiger partial charge in [-0.2, -0.15) is 0 Å². The van der Waals surface area contributed by atoms with Gasteiger partial charge >= 0.3 is 0 Å². The molecule has 0 bridgehead atoms. The van der Waals surface area contributed by atoms with Crippen molar-refractivity contribution in [2.24, 2.45) is 4.99 Å². The minimum atomic E-state index is -0.116. The van der Waals surface area contributed by atoms with E-state index in [-0.39, 0.29) is 36.4 Å². The van der Waals surface area contributed by atoms with Gasteiger partial charge in [0.15, 0.2) is 5.96 Å². The lowest BCUT2D eigenvalue weighted by Gasteiger charge is -2.24. The molecular weight excluding hydrogens is 393 g/mol. The number of aromatic nitrogens is 1. The number of nitrogens with one attached hydrogen (secondary N) is 3. The number of guanidine groups is 1. The van der Waals surface area contributed by atoms with Gasteiger partial charge < -0.3 is 16.0 Å². The summed E-state index contributed by atoms with van der Waals surface area (Å²) in [6.07, 6.45) is 9.46. The number of hydrogen-bond donors (Lipinski definition) is 3. The fourth-order valence-corrected chi connectivity index (χ4v) is 2.44. The van der Waals surface area contributed by atoms with Crippen molar-refractivity contribution in [1.82, 2.24) is 15.6 Å². The molecule has 1 aliphatic rings. The standard InChI is InChI=1S/C15H23N5O.HI/c1-16-15(20-12-6-3-2-4-7-12)18-11-14(21)19-13-8-5-9-17-10-13;/h5,8-10,12H,2-4,6-7,11H2,1H3,(H,19,21)(H2,16,18,20);1H. The number of hydrogen-bond acceptors (Lipinski definition) is 3. The van der Waals surface area contributed by atoms with E-state index in [4.69, 9.17) is 0 Å². The van der Waals surface area contributed by atoms with E-state index in [0.29, 0.717) is 17.7 Å². The van der Waals surface area contributed by atoms with Crippen LogP contribution in [-0.4, -0.2) is 36.5 Å². The largest absolute Gasteiger partial charge is 0.354 e. The molecule has 1 aromatic rings. The van der Waals surface area contributed by atoms with Gasteiger partial charge in [0.2, 0.25) is 5.91 Å². The highest BCUT2D eigenvalue weighted by molar-refractivity contribution is 14.0. The van der Waals surface area contributed by atoms with Crippen molar-refractivity contribution in [3.63, 3.8) is 0 Å². The highest BCUT2D eigenvalue weighted by Gasteiger charge is 2.14. The summed E-state index contributed by atoms with van der Waals surface area (Å²) < 4.78 is 0. The second kappa shape index (κ2) is 10.4. The second-order valence-corrected chi connectivity index (χ2v) is 5.19. The molecule has 0 atom stereocenters. The average Bonchev–Trinajstić information content (AvgIpc) is 2.53. The Balaban J connectivity index is 0.00000242. The summed E-state index contributed by atoms with van der Waals surface area (Å²) in [5.41, 5.74) is 0.694. The summed E-state index contributed by atoms with van der Waals surface area (Å²) in [4.78, 5) is 20.0. The zero-order chi connectivity index (χ0) is 14.9. The summed E-state index contributed by atoms with van der Waals surface area (Å²) in [6.45, 7) is 0.182. The Morgan fingerprint density at radius 1 is 1.36 bits per heavy atom. The summed E-state index contributed by atoms with van der Waals surface area (Å²) in [6, 6.07) is 4.05. The lowest BCUT2D eigenvalue weighted by molar-refractivity contribution is -0.115. The molecule has 0 aromatic carbocycles. The van der Waals surface area contributed by atoms with E-state index in [1.54, 1.807) is 31.6 Å². The molecule has 1 amide bonds.